The molecule has 3 aromatic rings. The maximum Gasteiger partial charge on any atom is 0.253 e. The molecule has 1 amide bonds. The van der Waals surface area contributed by atoms with Crippen molar-refractivity contribution in [2.75, 3.05) is 21.3 Å². The van der Waals surface area contributed by atoms with Crippen molar-refractivity contribution in [1.29, 1.82) is 0 Å². The number of nitrogens with zero attached hydrogens (tertiary/aromatic N) is 1. The van der Waals surface area contributed by atoms with Crippen molar-refractivity contribution in [3.8, 4) is 17.2 Å². The summed E-state index contributed by atoms with van der Waals surface area (Å²) in [4.78, 5) is 17.2. The largest absolute Gasteiger partial charge is 0.493 e. The zero-order valence-corrected chi connectivity index (χ0v) is 17.0. The molecule has 1 atom stereocenters. The number of carbonyl (C=O) groups excluding carboxylic acids is 1. The summed E-state index contributed by atoms with van der Waals surface area (Å²) in [5.74, 6) is 0.862. The first-order valence-electron chi connectivity index (χ1n) is 9.05. The predicted molar refractivity (Wildman–Crippen MR) is 108 cm³/mol. The van der Waals surface area contributed by atoms with Crippen molar-refractivity contribution in [1.82, 2.24) is 10.3 Å². The number of carbonyl (C=O) groups is 1. The second kappa shape index (κ2) is 8.34. The van der Waals surface area contributed by atoms with Gasteiger partial charge in [0, 0.05) is 11.5 Å². The molecule has 0 aliphatic heterocycles. The van der Waals surface area contributed by atoms with Gasteiger partial charge in [-0.25, -0.2) is 4.39 Å². The highest BCUT2D eigenvalue weighted by molar-refractivity contribution is 5.98. The molecule has 0 aliphatic rings. The molecule has 0 saturated carbocycles. The van der Waals surface area contributed by atoms with Gasteiger partial charge in [-0.1, -0.05) is 0 Å². The molecule has 0 radical (unpaired) electrons. The van der Waals surface area contributed by atoms with Crippen molar-refractivity contribution in [2.45, 2.75) is 19.9 Å². The van der Waals surface area contributed by atoms with Gasteiger partial charge in [0.15, 0.2) is 11.5 Å². The Morgan fingerprint density at radius 2 is 1.69 bits per heavy atom. The van der Waals surface area contributed by atoms with Gasteiger partial charge in [-0.15, -0.1) is 0 Å². The van der Waals surface area contributed by atoms with Crippen LogP contribution in [-0.2, 0) is 0 Å². The number of pyridine rings is 1. The smallest absolute Gasteiger partial charge is 0.253 e. The number of aromatic nitrogens is 1. The number of fused-ring (bicyclic) bond motifs is 1. The Hall–Kier alpha value is -3.35. The third-order valence-corrected chi connectivity index (χ3v) is 4.75. The molecule has 0 fully saturated rings. The van der Waals surface area contributed by atoms with E-state index < -0.39 is 0 Å². The van der Waals surface area contributed by atoms with Crippen LogP contribution in [0.1, 0.15) is 34.6 Å². The lowest BCUT2D eigenvalue weighted by Gasteiger charge is -2.19. The first-order valence-corrected chi connectivity index (χ1v) is 9.05. The lowest BCUT2D eigenvalue weighted by atomic mass is 10.0. The van der Waals surface area contributed by atoms with Crippen molar-refractivity contribution in [2.24, 2.45) is 0 Å². The van der Waals surface area contributed by atoms with Crippen LogP contribution in [0.15, 0.2) is 36.4 Å². The molecule has 0 aliphatic carbocycles. The Balaban J connectivity index is 1.90. The van der Waals surface area contributed by atoms with Crippen molar-refractivity contribution >= 4 is 16.8 Å². The number of amides is 1. The van der Waals surface area contributed by atoms with E-state index in [4.69, 9.17) is 14.2 Å². The van der Waals surface area contributed by atoms with E-state index in [-0.39, 0.29) is 17.8 Å². The van der Waals surface area contributed by atoms with E-state index in [1.165, 1.54) is 33.5 Å². The molecule has 152 valence electrons. The van der Waals surface area contributed by atoms with Crippen molar-refractivity contribution < 1.29 is 23.4 Å². The number of benzene rings is 2. The van der Waals surface area contributed by atoms with Gasteiger partial charge in [0.1, 0.15) is 5.82 Å². The van der Waals surface area contributed by atoms with Crippen molar-refractivity contribution in [3.63, 3.8) is 0 Å². The first-order chi connectivity index (χ1) is 13.9. The van der Waals surface area contributed by atoms with Crippen LogP contribution in [0.4, 0.5) is 4.39 Å². The van der Waals surface area contributed by atoms with Gasteiger partial charge in [-0.3, -0.25) is 9.78 Å². The van der Waals surface area contributed by atoms with Crippen LogP contribution in [0.2, 0.25) is 0 Å². The lowest BCUT2D eigenvalue weighted by molar-refractivity contribution is 0.0939. The van der Waals surface area contributed by atoms with Crippen LogP contribution in [0, 0.1) is 12.7 Å². The molecule has 7 heteroatoms. The monoisotopic (exact) mass is 398 g/mol. The van der Waals surface area contributed by atoms with E-state index in [2.05, 4.69) is 10.3 Å². The Morgan fingerprint density at radius 3 is 2.28 bits per heavy atom. The van der Waals surface area contributed by atoms with E-state index in [0.717, 1.165) is 5.56 Å². The Labute approximate surface area is 168 Å². The Kier molecular flexibility index (Phi) is 5.87. The summed E-state index contributed by atoms with van der Waals surface area (Å²) in [6, 6.07) is 9.27. The quantitative estimate of drug-likeness (QED) is 0.674. The average molecular weight is 398 g/mol. The van der Waals surface area contributed by atoms with Gasteiger partial charge in [-0.2, -0.15) is 0 Å². The summed E-state index contributed by atoms with van der Waals surface area (Å²) in [5, 5.41) is 3.66. The number of hydrogen-bond donors (Lipinski definition) is 1. The number of ether oxygens (including phenoxy) is 3. The molecular formula is C22H23FN2O4. The van der Waals surface area contributed by atoms with E-state index >= 15 is 0 Å². The molecule has 29 heavy (non-hydrogen) atoms. The highest BCUT2D eigenvalue weighted by atomic mass is 19.1. The number of nitrogens with one attached hydrogen (secondary N) is 1. The molecule has 1 N–H and O–H groups in total. The summed E-state index contributed by atoms with van der Waals surface area (Å²) in [7, 11) is 4.61. The zero-order valence-electron chi connectivity index (χ0n) is 17.0. The second-order valence-electron chi connectivity index (χ2n) is 6.61. The Morgan fingerprint density at radius 1 is 1.03 bits per heavy atom. The molecular weight excluding hydrogens is 375 g/mol. The SMILES string of the molecule is COc1cc([C@H](C)NC(=O)c2cc3ccc(F)cc3nc2C)cc(OC)c1OC. The highest BCUT2D eigenvalue weighted by Gasteiger charge is 2.19. The van der Waals surface area contributed by atoms with Gasteiger partial charge in [-0.05, 0) is 49.7 Å². The van der Waals surface area contributed by atoms with E-state index in [1.807, 2.05) is 6.92 Å². The third kappa shape index (κ3) is 4.08. The van der Waals surface area contributed by atoms with Crippen LogP contribution in [-0.4, -0.2) is 32.2 Å². The first kappa shape index (κ1) is 20.4. The highest BCUT2D eigenvalue weighted by Crippen LogP contribution is 2.39. The normalized spacial score (nSPS) is 11.8. The summed E-state index contributed by atoms with van der Waals surface area (Å²) in [6.45, 7) is 3.58. The fourth-order valence-corrected chi connectivity index (χ4v) is 3.18. The fourth-order valence-electron chi connectivity index (χ4n) is 3.18. The minimum absolute atomic E-state index is 0.275. The van der Waals surface area contributed by atoms with Gasteiger partial charge >= 0.3 is 0 Å². The summed E-state index contributed by atoms with van der Waals surface area (Å²) < 4.78 is 29.5. The standard InChI is InChI=1S/C22H23FN2O4/c1-12(15-9-19(27-3)21(29-5)20(10-15)28-4)25-22(26)17-8-14-6-7-16(23)11-18(14)24-13(17)2/h6-12H,1-5H3,(H,25,26)/t12-/m0/s1. The number of rotatable bonds is 6. The lowest BCUT2D eigenvalue weighted by Crippen LogP contribution is -2.27. The summed E-state index contributed by atoms with van der Waals surface area (Å²) in [5.41, 5.74) is 2.26. The van der Waals surface area contributed by atoms with Crippen LogP contribution >= 0.6 is 0 Å². The van der Waals surface area contributed by atoms with E-state index in [9.17, 15) is 9.18 Å². The second-order valence-corrected chi connectivity index (χ2v) is 6.61. The molecule has 2 aromatic carbocycles. The third-order valence-electron chi connectivity index (χ3n) is 4.75. The molecule has 1 heterocycles. The van der Waals surface area contributed by atoms with E-state index in [0.29, 0.717) is 39.4 Å². The minimum atomic E-state index is -0.363. The van der Waals surface area contributed by atoms with Gasteiger partial charge in [0.2, 0.25) is 5.75 Å². The Bertz CT molecular complexity index is 1040. The maximum atomic E-state index is 13.4. The van der Waals surface area contributed by atoms with Crippen LogP contribution in [0.5, 0.6) is 17.2 Å². The van der Waals surface area contributed by atoms with Crippen LogP contribution < -0.4 is 19.5 Å². The molecule has 0 bridgehead atoms. The summed E-state index contributed by atoms with van der Waals surface area (Å²) in [6.07, 6.45) is 0. The average Bonchev–Trinajstić information content (AvgIpc) is 2.71. The van der Waals surface area contributed by atoms with Crippen LogP contribution in [0.3, 0.4) is 0 Å². The van der Waals surface area contributed by atoms with Gasteiger partial charge in [0.25, 0.3) is 5.91 Å². The number of aryl methyl sites for hydroxylation is 1. The zero-order chi connectivity index (χ0) is 21.1. The molecule has 6 nitrogen and oxygen atoms in total. The fraction of sp³-hybridized carbons (Fsp3) is 0.273. The minimum Gasteiger partial charge on any atom is -0.493 e. The maximum absolute atomic E-state index is 13.4. The predicted octanol–water partition coefficient (Wildman–Crippen LogP) is 4.20. The molecule has 3 rings (SSSR count). The molecule has 0 spiro atoms. The summed E-state index contributed by atoms with van der Waals surface area (Å²) >= 11 is 0. The number of halogens is 1. The molecule has 0 unspecified atom stereocenters. The topological polar surface area (TPSA) is 69.7 Å². The molecule has 0 saturated heterocycles. The van der Waals surface area contributed by atoms with Gasteiger partial charge in [0.05, 0.1) is 44.1 Å². The number of hydrogen-bond acceptors (Lipinski definition) is 5. The van der Waals surface area contributed by atoms with Crippen LogP contribution in [0.25, 0.3) is 10.9 Å². The van der Waals surface area contributed by atoms with E-state index in [1.54, 1.807) is 31.2 Å². The molecule has 1 aromatic heterocycles. The van der Waals surface area contributed by atoms with Gasteiger partial charge < -0.3 is 19.5 Å². The number of methoxy groups -OCH3 is 3. The van der Waals surface area contributed by atoms with Crippen molar-refractivity contribution in [3.05, 3.63) is 59.0 Å².